The van der Waals surface area contributed by atoms with Crippen molar-refractivity contribution >= 4 is 23.4 Å². The monoisotopic (exact) mass is 331 g/mol. The predicted octanol–water partition coefficient (Wildman–Crippen LogP) is 0.903. The Balaban J connectivity index is 1.59. The lowest BCUT2D eigenvalue weighted by atomic mass is 10.2. The van der Waals surface area contributed by atoms with Crippen molar-refractivity contribution in [3.8, 4) is 5.75 Å². The van der Waals surface area contributed by atoms with Crippen LogP contribution in [0.2, 0.25) is 0 Å². The van der Waals surface area contributed by atoms with E-state index in [1.807, 2.05) is 6.92 Å². The summed E-state index contributed by atoms with van der Waals surface area (Å²) in [6.45, 7) is 2.33. The van der Waals surface area contributed by atoms with Gasteiger partial charge in [-0.15, -0.1) is 0 Å². The largest absolute Gasteiger partial charge is 0.484 e. The normalized spacial score (nSPS) is 20.2. The van der Waals surface area contributed by atoms with Gasteiger partial charge in [-0.1, -0.05) is 6.07 Å². The van der Waals surface area contributed by atoms with Gasteiger partial charge in [0.25, 0.3) is 11.8 Å². The van der Waals surface area contributed by atoms with Gasteiger partial charge in [0.1, 0.15) is 11.8 Å². The number of nitrogens with one attached hydrogen (secondary N) is 2. The Morgan fingerprint density at radius 3 is 2.83 bits per heavy atom. The lowest BCUT2D eigenvalue weighted by molar-refractivity contribution is -0.139. The first kappa shape index (κ1) is 16.3. The van der Waals surface area contributed by atoms with Gasteiger partial charge in [-0.05, 0) is 31.9 Å². The zero-order chi connectivity index (χ0) is 17.1. The van der Waals surface area contributed by atoms with Crippen LogP contribution in [0.4, 0.5) is 5.69 Å². The molecule has 1 saturated heterocycles. The Labute approximate surface area is 140 Å². The molecule has 3 rings (SSSR count). The number of likely N-dealkylation sites (N-methyl/N-ethyl adjacent to an activating group) is 1. The molecule has 7 heteroatoms. The highest BCUT2D eigenvalue weighted by molar-refractivity contribution is 6.07. The van der Waals surface area contributed by atoms with E-state index in [9.17, 15) is 14.4 Å². The van der Waals surface area contributed by atoms with Crippen molar-refractivity contribution in [1.82, 2.24) is 10.2 Å². The van der Waals surface area contributed by atoms with E-state index < -0.39 is 6.04 Å². The maximum Gasteiger partial charge on any atom is 0.257 e. The maximum atomic E-state index is 12.3. The van der Waals surface area contributed by atoms with Crippen LogP contribution < -0.4 is 15.4 Å². The minimum Gasteiger partial charge on any atom is -0.484 e. The fourth-order valence-electron chi connectivity index (χ4n) is 2.75. The van der Waals surface area contributed by atoms with E-state index in [4.69, 9.17) is 4.74 Å². The van der Waals surface area contributed by atoms with Crippen molar-refractivity contribution in [3.63, 3.8) is 0 Å². The highest BCUT2D eigenvalue weighted by atomic mass is 16.5. The van der Waals surface area contributed by atoms with E-state index in [0.29, 0.717) is 18.0 Å². The first-order chi connectivity index (χ1) is 11.6. The molecule has 0 spiro atoms. The summed E-state index contributed by atoms with van der Waals surface area (Å²) in [6.07, 6.45) is 2.00. The second-order valence-corrected chi connectivity index (χ2v) is 6.00. The summed E-state index contributed by atoms with van der Waals surface area (Å²) in [6, 6.07) is 6.60. The number of benzene rings is 1. The molecule has 0 aromatic heterocycles. The summed E-state index contributed by atoms with van der Waals surface area (Å²) in [5.74, 6) is 0.0781. The van der Waals surface area contributed by atoms with E-state index in [1.165, 1.54) is 4.90 Å². The number of imide groups is 1. The van der Waals surface area contributed by atoms with Gasteiger partial charge in [0, 0.05) is 24.3 Å². The van der Waals surface area contributed by atoms with E-state index in [0.717, 1.165) is 12.8 Å². The molecule has 7 nitrogen and oxygen atoms in total. The Morgan fingerprint density at radius 2 is 2.12 bits per heavy atom. The molecule has 1 saturated carbocycles. The van der Waals surface area contributed by atoms with Crippen molar-refractivity contribution in [1.29, 1.82) is 0 Å². The van der Waals surface area contributed by atoms with Crippen LogP contribution in [0.25, 0.3) is 0 Å². The number of hydrogen-bond acceptors (Lipinski definition) is 5. The minimum absolute atomic E-state index is 0.0619. The average molecular weight is 331 g/mol. The zero-order valence-electron chi connectivity index (χ0n) is 13.6. The molecule has 3 amide bonds. The molecule has 1 unspecified atom stereocenters. The molecule has 1 heterocycles. The summed E-state index contributed by atoms with van der Waals surface area (Å²) < 4.78 is 5.43. The Morgan fingerprint density at radius 1 is 1.33 bits per heavy atom. The van der Waals surface area contributed by atoms with Crippen molar-refractivity contribution in [2.24, 2.45) is 0 Å². The number of rotatable bonds is 7. The summed E-state index contributed by atoms with van der Waals surface area (Å²) in [4.78, 5) is 37.1. The quantitative estimate of drug-likeness (QED) is 0.725. The molecule has 0 radical (unpaired) electrons. The molecule has 2 N–H and O–H groups in total. The third kappa shape index (κ3) is 3.67. The highest BCUT2D eigenvalue weighted by Gasteiger charge is 2.46. The van der Waals surface area contributed by atoms with Crippen molar-refractivity contribution in [3.05, 3.63) is 24.3 Å². The second kappa shape index (κ2) is 6.90. The van der Waals surface area contributed by atoms with Gasteiger partial charge in [-0.2, -0.15) is 0 Å². The molecule has 24 heavy (non-hydrogen) atoms. The second-order valence-electron chi connectivity index (χ2n) is 6.00. The van der Waals surface area contributed by atoms with Crippen molar-refractivity contribution in [2.45, 2.75) is 38.3 Å². The molecule has 2 aliphatic rings. The van der Waals surface area contributed by atoms with Crippen LogP contribution in [0.15, 0.2) is 24.3 Å². The lowest BCUT2D eigenvalue weighted by Crippen LogP contribution is -2.36. The van der Waals surface area contributed by atoms with Crippen LogP contribution >= 0.6 is 0 Å². The summed E-state index contributed by atoms with van der Waals surface area (Å²) in [5.41, 5.74) is 0.687. The van der Waals surface area contributed by atoms with E-state index in [2.05, 4.69) is 10.6 Å². The number of amides is 3. The number of carbonyl (C=O) groups is 3. The van der Waals surface area contributed by atoms with Crippen LogP contribution in [-0.4, -0.2) is 47.9 Å². The topological polar surface area (TPSA) is 87.7 Å². The minimum atomic E-state index is -0.531. The molecule has 1 aromatic carbocycles. The van der Waals surface area contributed by atoms with E-state index in [1.54, 1.807) is 24.3 Å². The third-order valence-corrected chi connectivity index (χ3v) is 4.01. The number of likely N-dealkylation sites (tertiary alicyclic amines) is 1. The maximum absolute atomic E-state index is 12.3. The number of anilines is 1. The van der Waals surface area contributed by atoms with Crippen LogP contribution in [0, 0.1) is 0 Å². The SMILES string of the molecule is CCNC(=O)COc1cccc(NC2CC(=O)N(C3CC3)C2=O)c1. The zero-order valence-corrected chi connectivity index (χ0v) is 13.6. The van der Waals surface area contributed by atoms with Gasteiger partial charge < -0.3 is 15.4 Å². The molecule has 1 atom stereocenters. The fourth-order valence-corrected chi connectivity index (χ4v) is 2.75. The Kier molecular flexibility index (Phi) is 4.69. The average Bonchev–Trinajstić information content (AvgIpc) is 3.34. The molecule has 2 fully saturated rings. The predicted molar refractivity (Wildman–Crippen MR) is 87.5 cm³/mol. The highest BCUT2D eigenvalue weighted by Crippen LogP contribution is 2.32. The first-order valence-corrected chi connectivity index (χ1v) is 8.20. The van der Waals surface area contributed by atoms with Crippen molar-refractivity contribution < 1.29 is 19.1 Å². The number of hydrogen-bond donors (Lipinski definition) is 2. The Bertz CT molecular complexity index is 657. The Hall–Kier alpha value is -2.57. The van der Waals surface area contributed by atoms with Gasteiger partial charge in [0.15, 0.2) is 6.61 Å². The lowest BCUT2D eigenvalue weighted by Gasteiger charge is -2.15. The number of carbonyl (C=O) groups excluding carboxylic acids is 3. The van der Waals surface area contributed by atoms with Gasteiger partial charge in [0.05, 0.1) is 6.42 Å². The third-order valence-electron chi connectivity index (χ3n) is 4.01. The molecule has 1 aliphatic heterocycles. The van der Waals surface area contributed by atoms with Gasteiger partial charge in [-0.25, -0.2) is 0 Å². The standard InChI is InChI=1S/C17H21N3O4/c1-2-18-15(21)10-24-13-5-3-4-11(8-13)19-14-9-16(22)20(17(14)23)12-6-7-12/h3-5,8,12,14,19H,2,6-7,9-10H2,1H3,(H,18,21). The van der Waals surface area contributed by atoms with Crippen LogP contribution in [0.5, 0.6) is 5.75 Å². The summed E-state index contributed by atoms with van der Waals surface area (Å²) in [7, 11) is 0. The van der Waals surface area contributed by atoms with Crippen molar-refractivity contribution in [2.75, 3.05) is 18.5 Å². The number of nitrogens with zero attached hydrogens (tertiary/aromatic N) is 1. The van der Waals surface area contributed by atoms with Gasteiger partial charge in [0.2, 0.25) is 5.91 Å². The van der Waals surface area contributed by atoms with E-state index in [-0.39, 0.29) is 36.8 Å². The van der Waals surface area contributed by atoms with Crippen LogP contribution in [0.3, 0.4) is 0 Å². The molecular formula is C17H21N3O4. The van der Waals surface area contributed by atoms with Crippen LogP contribution in [-0.2, 0) is 14.4 Å². The number of ether oxygens (including phenoxy) is 1. The molecule has 0 bridgehead atoms. The molecule has 1 aromatic rings. The molecule has 1 aliphatic carbocycles. The van der Waals surface area contributed by atoms with Gasteiger partial charge in [-0.3, -0.25) is 19.3 Å². The molecule has 128 valence electrons. The fraction of sp³-hybridized carbons (Fsp3) is 0.471. The van der Waals surface area contributed by atoms with E-state index >= 15 is 0 Å². The first-order valence-electron chi connectivity index (χ1n) is 8.20. The summed E-state index contributed by atoms with van der Waals surface area (Å²) >= 11 is 0. The summed E-state index contributed by atoms with van der Waals surface area (Å²) in [5, 5.41) is 5.75. The van der Waals surface area contributed by atoms with Gasteiger partial charge >= 0.3 is 0 Å². The van der Waals surface area contributed by atoms with Crippen LogP contribution in [0.1, 0.15) is 26.2 Å². The smallest absolute Gasteiger partial charge is 0.257 e. The molecular weight excluding hydrogens is 310 g/mol.